The third-order valence-electron chi connectivity index (χ3n) is 3.03. The minimum atomic E-state index is -1.10. The number of aryl methyl sites for hydroxylation is 1. The van der Waals surface area contributed by atoms with Crippen LogP contribution in [0.1, 0.15) is 20.3 Å². The lowest BCUT2D eigenvalue weighted by molar-refractivity contribution is -0.149. The Hall–Kier alpha value is -2.09. The molecule has 1 rings (SSSR count). The van der Waals surface area contributed by atoms with Gasteiger partial charge in [0.25, 0.3) is 0 Å². The highest BCUT2D eigenvalue weighted by atomic mass is 35.5. The summed E-state index contributed by atoms with van der Waals surface area (Å²) < 4.78 is 1.51. The van der Waals surface area contributed by atoms with Gasteiger partial charge in [0.15, 0.2) is 0 Å². The highest BCUT2D eigenvalue weighted by Gasteiger charge is 2.24. The Balaban J connectivity index is 2.61. The van der Waals surface area contributed by atoms with Crippen LogP contribution in [0, 0.1) is 0 Å². The molecule has 0 saturated carbocycles. The van der Waals surface area contributed by atoms with Crippen LogP contribution in [0.2, 0.25) is 5.02 Å². The zero-order chi connectivity index (χ0) is 16.7. The molecule has 22 heavy (non-hydrogen) atoms. The van der Waals surface area contributed by atoms with Gasteiger partial charge >= 0.3 is 5.97 Å². The number of carbonyl (C=O) groups is 3. The molecule has 1 atom stereocenters. The van der Waals surface area contributed by atoms with Crippen LogP contribution in [0.4, 0.5) is 0 Å². The first-order valence-electron chi connectivity index (χ1n) is 6.76. The maximum atomic E-state index is 12.2. The van der Waals surface area contributed by atoms with E-state index in [4.69, 9.17) is 16.7 Å². The second-order valence-electron chi connectivity index (χ2n) is 4.76. The molecule has 0 aliphatic carbocycles. The molecule has 8 nitrogen and oxygen atoms in total. The van der Waals surface area contributed by atoms with E-state index in [1.54, 1.807) is 6.20 Å². The van der Waals surface area contributed by atoms with Crippen molar-refractivity contribution in [3.63, 3.8) is 0 Å². The molecule has 0 fully saturated rings. The summed E-state index contributed by atoms with van der Waals surface area (Å²) in [6.07, 6.45) is 3.13. The lowest BCUT2D eigenvalue weighted by Crippen LogP contribution is -2.47. The molecule has 0 aliphatic heterocycles. The van der Waals surface area contributed by atoms with E-state index in [-0.39, 0.29) is 31.3 Å². The van der Waals surface area contributed by atoms with E-state index in [1.165, 1.54) is 29.6 Å². The van der Waals surface area contributed by atoms with Gasteiger partial charge in [-0.25, -0.2) is 4.79 Å². The van der Waals surface area contributed by atoms with Crippen LogP contribution in [0.25, 0.3) is 0 Å². The number of carboxylic acids is 1. The molecule has 2 N–H and O–H groups in total. The van der Waals surface area contributed by atoms with Crippen LogP contribution in [-0.2, 0) is 20.9 Å². The van der Waals surface area contributed by atoms with E-state index in [1.807, 2.05) is 0 Å². The first kappa shape index (κ1) is 18.0. The summed E-state index contributed by atoms with van der Waals surface area (Å²) in [5.41, 5.74) is 0. The van der Waals surface area contributed by atoms with Crippen molar-refractivity contribution in [2.75, 3.05) is 13.1 Å². The van der Waals surface area contributed by atoms with Gasteiger partial charge < -0.3 is 15.3 Å². The Morgan fingerprint density at radius 2 is 2.18 bits per heavy atom. The molecule has 0 bridgehead atoms. The standard InChI is InChI=1S/C13H19ClN4O4/c1-9(13(21)22)18(6-4-15-10(2)19)12(20)3-5-17-8-11(14)7-16-17/h7-9H,3-6H2,1-2H3,(H,15,19)(H,21,22). The molecule has 122 valence electrons. The molecular formula is C13H19ClN4O4. The van der Waals surface area contributed by atoms with Gasteiger partial charge in [-0.05, 0) is 6.92 Å². The van der Waals surface area contributed by atoms with Gasteiger partial charge in [-0.3, -0.25) is 14.3 Å². The average molecular weight is 331 g/mol. The summed E-state index contributed by atoms with van der Waals surface area (Å²) in [6, 6.07) is -0.970. The molecule has 1 aromatic heterocycles. The summed E-state index contributed by atoms with van der Waals surface area (Å²) in [6.45, 7) is 3.42. The molecule has 1 unspecified atom stereocenters. The normalized spacial score (nSPS) is 11.8. The topological polar surface area (TPSA) is 105 Å². The molecule has 0 spiro atoms. The van der Waals surface area contributed by atoms with E-state index in [0.717, 1.165) is 0 Å². The molecule has 1 heterocycles. The number of nitrogens with zero attached hydrogens (tertiary/aromatic N) is 3. The predicted octanol–water partition coefficient (Wildman–Crippen LogP) is 0.364. The number of carbonyl (C=O) groups excluding carboxylic acids is 2. The number of hydrogen-bond acceptors (Lipinski definition) is 4. The van der Waals surface area contributed by atoms with Gasteiger partial charge in [-0.1, -0.05) is 11.6 Å². The van der Waals surface area contributed by atoms with Crippen molar-refractivity contribution in [1.29, 1.82) is 0 Å². The van der Waals surface area contributed by atoms with Crippen molar-refractivity contribution in [3.05, 3.63) is 17.4 Å². The Labute approximate surface area is 133 Å². The lowest BCUT2D eigenvalue weighted by atomic mass is 10.2. The van der Waals surface area contributed by atoms with Gasteiger partial charge in [0.05, 0.1) is 11.2 Å². The fourth-order valence-electron chi connectivity index (χ4n) is 1.83. The van der Waals surface area contributed by atoms with E-state index >= 15 is 0 Å². The largest absolute Gasteiger partial charge is 0.480 e. The third kappa shape index (κ3) is 5.72. The maximum absolute atomic E-state index is 12.2. The number of aromatic nitrogens is 2. The Morgan fingerprint density at radius 1 is 1.50 bits per heavy atom. The number of hydrogen-bond donors (Lipinski definition) is 2. The summed E-state index contributed by atoms with van der Waals surface area (Å²) in [5, 5.41) is 16.0. The molecule has 1 aromatic rings. The molecule has 0 saturated heterocycles. The van der Waals surface area contributed by atoms with Crippen molar-refractivity contribution >= 4 is 29.4 Å². The van der Waals surface area contributed by atoms with E-state index < -0.39 is 12.0 Å². The number of aliphatic carboxylic acids is 1. The molecule has 2 amide bonds. The third-order valence-corrected chi connectivity index (χ3v) is 3.22. The fraction of sp³-hybridized carbons (Fsp3) is 0.538. The number of rotatable bonds is 8. The van der Waals surface area contributed by atoms with Gasteiger partial charge in [0.1, 0.15) is 6.04 Å². The van der Waals surface area contributed by atoms with Crippen LogP contribution in [0.5, 0.6) is 0 Å². The predicted molar refractivity (Wildman–Crippen MR) is 79.3 cm³/mol. The Kier molecular flexibility index (Phi) is 6.84. The van der Waals surface area contributed by atoms with E-state index in [9.17, 15) is 14.4 Å². The van der Waals surface area contributed by atoms with Crippen molar-refractivity contribution in [2.45, 2.75) is 32.9 Å². The van der Waals surface area contributed by atoms with Crippen LogP contribution >= 0.6 is 11.6 Å². The average Bonchev–Trinajstić information content (AvgIpc) is 2.85. The molecular weight excluding hydrogens is 312 g/mol. The fourth-order valence-corrected chi connectivity index (χ4v) is 1.99. The lowest BCUT2D eigenvalue weighted by Gasteiger charge is -2.26. The van der Waals surface area contributed by atoms with Crippen LogP contribution in [-0.4, -0.2) is 56.7 Å². The first-order chi connectivity index (χ1) is 10.3. The van der Waals surface area contributed by atoms with Crippen LogP contribution < -0.4 is 5.32 Å². The van der Waals surface area contributed by atoms with Crippen molar-refractivity contribution in [1.82, 2.24) is 20.0 Å². The molecule has 0 aliphatic rings. The minimum Gasteiger partial charge on any atom is -0.480 e. The van der Waals surface area contributed by atoms with Gasteiger partial charge in [0.2, 0.25) is 11.8 Å². The maximum Gasteiger partial charge on any atom is 0.326 e. The van der Waals surface area contributed by atoms with Gasteiger partial charge in [-0.15, -0.1) is 0 Å². The summed E-state index contributed by atoms with van der Waals surface area (Å²) in [5.74, 6) is -1.66. The Bertz CT molecular complexity index is 546. The number of nitrogens with one attached hydrogen (secondary N) is 1. The molecule has 0 aromatic carbocycles. The number of halogens is 1. The zero-order valence-corrected chi connectivity index (χ0v) is 13.2. The number of amides is 2. The van der Waals surface area contributed by atoms with Gasteiger partial charge in [-0.2, -0.15) is 5.10 Å². The van der Waals surface area contributed by atoms with Crippen LogP contribution in [0.3, 0.4) is 0 Å². The minimum absolute atomic E-state index is 0.0930. The van der Waals surface area contributed by atoms with Crippen molar-refractivity contribution < 1.29 is 19.5 Å². The van der Waals surface area contributed by atoms with Gasteiger partial charge in [0, 0.05) is 39.2 Å². The van der Waals surface area contributed by atoms with E-state index in [2.05, 4.69) is 10.4 Å². The quantitative estimate of drug-likeness (QED) is 0.716. The summed E-state index contributed by atoms with van der Waals surface area (Å²) >= 11 is 5.73. The monoisotopic (exact) mass is 330 g/mol. The SMILES string of the molecule is CC(=O)NCCN(C(=O)CCn1cc(Cl)cn1)C(C)C(=O)O. The number of carboxylic acid groups (broad SMARTS) is 1. The van der Waals surface area contributed by atoms with Crippen molar-refractivity contribution in [2.24, 2.45) is 0 Å². The Morgan fingerprint density at radius 3 is 2.68 bits per heavy atom. The zero-order valence-electron chi connectivity index (χ0n) is 12.5. The first-order valence-corrected chi connectivity index (χ1v) is 7.13. The second-order valence-corrected chi connectivity index (χ2v) is 5.19. The van der Waals surface area contributed by atoms with Crippen LogP contribution in [0.15, 0.2) is 12.4 Å². The van der Waals surface area contributed by atoms with Crippen molar-refractivity contribution in [3.8, 4) is 0 Å². The highest BCUT2D eigenvalue weighted by molar-refractivity contribution is 6.30. The molecule has 0 radical (unpaired) electrons. The highest BCUT2D eigenvalue weighted by Crippen LogP contribution is 2.07. The smallest absolute Gasteiger partial charge is 0.326 e. The van der Waals surface area contributed by atoms with E-state index in [0.29, 0.717) is 11.6 Å². The second kappa shape index (κ2) is 8.38. The summed E-state index contributed by atoms with van der Waals surface area (Å²) in [4.78, 5) is 35.4. The molecule has 9 heteroatoms. The summed E-state index contributed by atoms with van der Waals surface area (Å²) in [7, 11) is 0.